The van der Waals surface area contributed by atoms with Gasteiger partial charge in [-0.2, -0.15) is 0 Å². The molecule has 1 aromatic heterocycles. The summed E-state index contributed by atoms with van der Waals surface area (Å²) in [6.07, 6.45) is 2.12. The van der Waals surface area contributed by atoms with E-state index in [4.69, 9.17) is 0 Å². The average molecular weight is 413 g/mol. The van der Waals surface area contributed by atoms with Crippen molar-refractivity contribution in [2.24, 2.45) is 11.3 Å². The van der Waals surface area contributed by atoms with Crippen LogP contribution in [-0.2, 0) is 16.0 Å². The minimum absolute atomic E-state index is 0.00298. The van der Waals surface area contributed by atoms with Crippen LogP contribution < -0.4 is 5.32 Å². The van der Waals surface area contributed by atoms with Gasteiger partial charge in [0.1, 0.15) is 0 Å². The summed E-state index contributed by atoms with van der Waals surface area (Å²) in [6, 6.07) is 12.9. The van der Waals surface area contributed by atoms with Crippen molar-refractivity contribution in [1.82, 2.24) is 10.2 Å². The second kappa shape index (κ2) is 9.12. The van der Waals surface area contributed by atoms with Crippen molar-refractivity contribution < 1.29 is 9.59 Å². The number of nitrogens with one attached hydrogen (secondary N) is 1. The van der Waals surface area contributed by atoms with Gasteiger partial charge in [0, 0.05) is 29.9 Å². The maximum Gasteiger partial charge on any atom is 0.226 e. The van der Waals surface area contributed by atoms with E-state index in [9.17, 15) is 9.59 Å². The van der Waals surface area contributed by atoms with Crippen LogP contribution in [0.15, 0.2) is 41.8 Å². The van der Waals surface area contributed by atoms with Crippen LogP contribution in [0.2, 0.25) is 0 Å². The Kier molecular flexibility index (Phi) is 6.78. The lowest BCUT2D eigenvalue weighted by atomic mass is 9.72. The number of hydrogen-bond acceptors (Lipinski definition) is 3. The molecule has 3 rings (SSSR count). The molecule has 2 aromatic rings. The van der Waals surface area contributed by atoms with Gasteiger partial charge in [0.2, 0.25) is 11.8 Å². The van der Waals surface area contributed by atoms with E-state index >= 15 is 0 Å². The zero-order valence-electron chi connectivity index (χ0n) is 17.9. The number of rotatable bonds is 6. The van der Waals surface area contributed by atoms with Gasteiger partial charge in [-0.15, -0.1) is 11.3 Å². The first-order valence-electron chi connectivity index (χ1n) is 10.5. The summed E-state index contributed by atoms with van der Waals surface area (Å²) in [5.74, 6) is 0.298. The second-order valence-corrected chi connectivity index (χ2v) is 9.69. The van der Waals surface area contributed by atoms with Crippen molar-refractivity contribution >= 4 is 23.2 Å². The minimum atomic E-state index is -0.456. The number of amides is 2. The van der Waals surface area contributed by atoms with Crippen molar-refractivity contribution in [2.45, 2.75) is 53.0 Å². The Morgan fingerprint density at radius 2 is 1.72 bits per heavy atom. The molecule has 0 radical (unpaired) electrons. The molecule has 1 aliphatic heterocycles. The van der Waals surface area contributed by atoms with Crippen LogP contribution in [0.1, 0.15) is 46.1 Å². The number of hydrogen-bond donors (Lipinski definition) is 1. The molecule has 156 valence electrons. The fraction of sp³-hybridized carbons (Fsp3) is 0.500. The highest BCUT2D eigenvalue weighted by molar-refractivity contribution is 7.13. The Bertz CT molecular complexity index is 817. The molecule has 29 heavy (non-hydrogen) atoms. The summed E-state index contributed by atoms with van der Waals surface area (Å²) in [5, 5.41) is 5.22. The molecular formula is C24H32N2O2S. The Balaban J connectivity index is 1.78. The topological polar surface area (TPSA) is 49.4 Å². The third-order valence-corrected chi connectivity index (χ3v) is 6.65. The summed E-state index contributed by atoms with van der Waals surface area (Å²) in [7, 11) is 0. The minimum Gasteiger partial charge on any atom is -0.353 e. The quantitative estimate of drug-likeness (QED) is 0.744. The third-order valence-electron chi connectivity index (χ3n) is 5.73. The lowest BCUT2D eigenvalue weighted by molar-refractivity contribution is -0.142. The molecule has 1 aliphatic rings. The van der Waals surface area contributed by atoms with Crippen LogP contribution in [0.25, 0.3) is 10.4 Å². The zero-order valence-corrected chi connectivity index (χ0v) is 18.7. The normalized spacial score (nSPS) is 16.3. The summed E-state index contributed by atoms with van der Waals surface area (Å²) in [4.78, 5) is 28.8. The second-order valence-electron chi connectivity index (χ2n) is 8.74. The summed E-state index contributed by atoms with van der Waals surface area (Å²) in [5.41, 5.74) is 1.93. The van der Waals surface area contributed by atoms with Crippen LogP contribution in [0.4, 0.5) is 0 Å². The summed E-state index contributed by atoms with van der Waals surface area (Å²) in [6.45, 7) is 9.17. The van der Waals surface area contributed by atoms with E-state index in [1.807, 2.05) is 32.6 Å². The molecule has 1 aromatic carbocycles. The van der Waals surface area contributed by atoms with Gasteiger partial charge in [0.15, 0.2) is 0 Å². The first-order valence-corrected chi connectivity index (χ1v) is 11.4. The molecule has 0 spiro atoms. The zero-order chi connectivity index (χ0) is 21.0. The summed E-state index contributed by atoms with van der Waals surface area (Å²) < 4.78 is 0. The van der Waals surface area contributed by atoms with E-state index < -0.39 is 5.41 Å². The molecule has 0 bridgehead atoms. The highest BCUT2D eigenvalue weighted by Gasteiger charge is 2.42. The fourth-order valence-corrected chi connectivity index (χ4v) is 4.77. The number of benzene rings is 1. The van der Waals surface area contributed by atoms with Gasteiger partial charge in [0.25, 0.3) is 0 Å². The van der Waals surface area contributed by atoms with Crippen molar-refractivity contribution in [2.75, 3.05) is 13.1 Å². The maximum absolute atomic E-state index is 13.2. The van der Waals surface area contributed by atoms with Gasteiger partial charge in [-0.3, -0.25) is 9.59 Å². The molecule has 0 aliphatic carbocycles. The van der Waals surface area contributed by atoms with E-state index in [0.717, 1.165) is 0 Å². The first-order chi connectivity index (χ1) is 13.8. The molecule has 4 nitrogen and oxygen atoms in total. The van der Waals surface area contributed by atoms with Gasteiger partial charge in [-0.05, 0) is 55.7 Å². The van der Waals surface area contributed by atoms with Crippen LogP contribution in [0.5, 0.6) is 0 Å². The van der Waals surface area contributed by atoms with Crippen LogP contribution in [-0.4, -0.2) is 35.8 Å². The third kappa shape index (κ3) is 5.08. The standard InChI is InChI=1S/C24H32N2O2S/c1-17(2)22(27)26-13-11-24(12-14-26,23(28)25-18(3)4)16-19-7-9-20(10-8-19)21-6-5-15-29-21/h5-10,15,17-18H,11-14,16H2,1-4H3,(H,25,28). The Hall–Kier alpha value is -2.14. The smallest absolute Gasteiger partial charge is 0.226 e. The van der Waals surface area contributed by atoms with Gasteiger partial charge in [-0.1, -0.05) is 44.2 Å². The average Bonchev–Trinajstić information content (AvgIpc) is 3.23. The first kappa shape index (κ1) is 21.6. The number of carbonyl (C=O) groups is 2. The van der Waals surface area contributed by atoms with Gasteiger partial charge in [0.05, 0.1) is 5.41 Å². The molecule has 1 N–H and O–H groups in total. The van der Waals surface area contributed by atoms with Crippen molar-refractivity contribution in [3.8, 4) is 10.4 Å². The molecule has 0 atom stereocenters. The van der Waals surface area contributed by atoms with Crippen LogP contribution in [0, 0.1) is 11.3 Å². The van der Waals surface area contributed by atoms with E-state index in [0.29, 0.717) is 32.4 Å². The molecule has 1 saturated heterocycles. The lowest BCUT2D eigenvalue weighted by Crippen LogP contribution is -2.53. The molecule has 2 heterocycles. The van der Waals surface area contributed by atoms with E-state index in [1.165, 1.54) is 16.0 Å². The summed E-state index contributed by atoms with van der Waals surface area (Å²) >= 11 is 1.73. The van der Waals surface area contributed by atoms with Gasteiger partial charge in [-0.25, -0.2) is 0 Å². The number of thiophene rings is 1. The van der Waals surface area contributed by atoms with Crippen LogP contribution >= 0.6 is 11.3 Å². The van der Waals surface area contributed by atoms with E-state index in [2.05, 4.69) is 47.1 Å². The van der Waals surface area contributed by atoms with Crippen LogP contribution in [0.3, 0.4) is 0 Å². The lowest BCUT2D eigenvalue weighted by Gasteiger charge is -2.41. The predicted molar refractivity (Wildman–Crippen MR) is 120 cm³/mol. The fourth-order valence-electron chi connectivity index (χ4n) is 4.04. The molecular weight excluding hydrogens is 380 g/mol. The van der Waals surface area contributed by atoms with Crippen molar-refractivity contribution in [3.05, 3.63) is 47.3 Å². The Morgan fingerprint density at radius 3 is 2.24 bits per heavy atom. The number of likely N-dealkylation sites (tertiary alicyclic amines) is 1. The largest absolute Gasteiger partial charge is 0.353 e. The van der Waals surface area contributed by atoms with E-state index in [1.54, 1.807) is 11.3 Å². The monoisotopic (exact) mass is 412 g/mol. The molecule has 2 amide bonds. The van der Waals surface area contributed by atoms with Gasteiger partial charge >= 0.3 is 0 Å². The predicted octanol–water partition coefficient (Wildman–Crippen LogP) is 4.75. The molecule has 0 unspecified atom stereocenters. The Labute approximate surface area is 178 Å². The number of piperidine rings is 1. The highest BCUT2D eigenvalue weighted by Crippen LogP contribution is 2.37. The molecule has 0 saturated carbocycles. The highest BCUT2D eigenvalue weighted by atomic mass is 32.1. The number of nitrogens with zero attached hydrogens (tertiary/aromatic N) is 1. The SMILES string of the molecule is CC(C)NC(=O)C1(Cc2ccc(-c3cccs3)cc2)CCN(C(=O)C(C)C)CC1. The van der Waals surface area contributed by atoms with E-state index in [-0.39, 0.29) is 23.8 Å². The van der Waals surface area contributed by atoms with Gasteiger partial charge < -0.3 is 10.2 Å². The maximum atomic E-state index is 13.2. The Morgan fingerprint density at radius 1 is 1.07 bits per heavy atom. The van der Waals surface area contributed by atoms with Crippen molar-refractivity contribution in [1.29, 1.82) is 0 Å². The molecule has 1 fully saturated rings. The van der Waals surface area contributed by atoms with Crippen molar-refractivity contribution in [3.63, 3.8) is 0 Å². The number of carbonyl (C=O) groups excluding carboxylic acids is 2. The molecule has 5 heteroatoms.